The maximum absolute atomic E-state index is 11.8. The molecule has 2 rings (SSSR count). The zero-order chi connectivity index (χ0) is 13.7. The molecule has 5 heteroatoms. The summed E-state index contributed by atoms with van der Waals surface area (Å²) in [6.45, 7) is 0. The van der Waals surface area contributed by atoms with Crippen molar-refractivity contribution in [3.05, 3.63) is 27.8 Å². The fraction of sp³-hybridized carbons (Fsp3) is 0.429. The second-order valence-electron chi connectivity index (χ2n) is 4.86. The van der Waals surface area contributed by atoms with E-state index in [9.17, 15) is 4.79 Å². The number of thiocarbonyl (C=S) groups is 1. The molecular formula is C14H17IN2OS. The zero-order valence-electron chi connectivity index (χ0n) is 10.6. The molecule has 1 fully saturated rings. The molecule has 1 amide bonds. The quantitative estimate of drug-likeness (QED) is 0.613. The van der Waals surface area contributed by atoms with Crippen LogP contribution in [0.25, 0.3) is 0 Å². The topological polar surface area (TPSA) is 41.1 Å². The summed E-state index contributed by atoms with van der Waals surface area (Å²) in [5.74, 6) is 0.566. The van der Waals surface area contributed by atoms with E-state index in [1.807, 2.05) is 24.3 Å². The van der Waals surface area contributed by atoms with Gasteiger partial charge in [-0.1, -0.05) is 12.8 Å². The molecular weight excluding hydrogens is 371 g/mol. The summed E-state index contributed by atoms with van der Waals surface area (Å²) in [6.07, 6.45) is 5.44. The molecule has 2 N–H and O–H groups in total. The lowest BCUT2D eigenvalue weighted by Crippen LogP contribution is -2.34. The molecule has 0 aromatic heterocycles. The van der Waals surface area contributed by atoms with Gasteiger partial charge >= 0.3 is 0 Å². The van der Waals surface area contributed by atoms with Crippen LogP contribution in [0.2, 0.25) is 0 Å². The molecule has 1 aliphatic rings. The lowest BCUT2D eigenvalue weighted by molar-refractivity contribution is -0.120. The van der Waals surface area contributed by atoms with Crippen LogP contribution >= 0.6 is 34.8 Å². The Morgan fingerprint density at radius 2 is 1.89 bits per heavy atom. The van der Waals surface area contributed by atoms with Crippen LogP contribution in [0.4, 0.5) is 5.69 Å². The first-order valence-electron chi connectivity index (χ1n) is 6.50. The summed E-state index contributed by atoms with van der Waals surface area (Å²) >= 11 is 7.39. The van der Waals surface area contributed by atoms with E-state index in [0.717, 1.165) is 5.69 Å². The monoisotopic (exact) mass is 388 g/mol. The number of hydrogen-bond donors (Lipinski definition) is 2. The molecule has 0 heterocycles. The number of carbonyl (C=O) groups excluding carboxylic acids is 1. The molecule has 0 unspecified atom stereocenters. The Balaban J connectivity index is 1.77. The lowest BCUT2D eigenvalue weighted by Gasteiger charge is -2.12. The van der Waals surface area contributed by atoms with Gasteiger partial charge in [0.15, 0.2) is 5.11 Å². The number of rotatable bonds is 3. The third-order valence-corrected chi connectivity index (χ3v) is 4.23. The van der Waals surface area contributed by atoms with Crippen molar-refractivity contribution < 1.29 is 4.79 Å². The second-order valence-corrected chi connectivity index (χ2v) is 6.52. The predicted octanol–water partition coefficient (Wildman–Crippen LogP) is 3.68. The molecule has 19 heavy (non-hydrogen) atoms. The summed E-state index contributed by atoms with van der Waals surface area (Å²) in [5, 5.41) is 6.15. The van der Waals surface area contributed by atoms with E-state index in [-0.39, 0.29) is 5.91 Å². The molecule has 1 aliphatic carbocycles. The number of nitrogens with one attached hydrogen (secondary N) is 2. The first-order valence-corrected chi connectivity index (χ1v) is 7.98. The van der Waals surface area contributed by atoms with E-state index in [0.29, 0.717) is 17.5 Å². The molecule has 1 aromatic carbocycles. The van der Waals surface area contributed by atoms with E-state index < -0.39 is 0 Å². The fourth-order valence-electron chi connectivity index (χ4n) is 2.35. The minimum Gasteiger partial charge on any atom is -0.332 e. The van der Waals surface area contributed by atoms with E-state index in [4.69, 9.17) is 12.2 Å². The molecule has 0 aliphatic heterocycles. The van der Waals surface area contributed by atoms with Gasteiger partial charge in [0.05, 0.1) is 0 Å². The fourth-order valence-corrected chi connectivity index (χ4v) is 2.94. The maximum Gasteiger partial charge on any atom is 0.226 e. The standard InChI is InChI=1S/C14H17IN2OS/c15-11-5-7-12(8-6-11)16-14(19)17-13(18)9-10-3-1-2-4-10/h5-8,10H,1-4,9H2,(H2,16,17,18,19). The summed E-state index contributed by atoms with van der Waals surface area (Å²) in [5.41, 5.74) is 0.895. The SMILES string of the molecule is O=C(CC1CCCC1)NC(=S)Nc1ccc(I)cc1. The second kappa shape index (κ2) is 7.19. The normalized spacial score (nSPS) is 15.2. The highest BCUT2D eigenvalue weighted by molar-refractivity contribution is 14.1. The van der Waals surface area contributed by atoms with Crippen molar-refractivity contribution in [1.82, 2.24) is 5.32 Å². The molecule has 3 nitrogen and oxygen atoms in total. The maximum atomic E-state index is 11.8. The Morgan fingerprint density at radius 1 is 1.26 bits per heavy atom. The highest BCUT2D eigenvalue weighted by Crippen LogP contribution is 2.27. The van der Waals surface area contributed by atoms with Gasteiger partial charge in [0.25, 0.3) is 0 Å². The van der Waals surface area contributed by atoms with Gasteiger partial charge in [0.2, 0.25) is 5.91 Å². The van der Waals surface area contributed by atoms with Gasteiger partial charge < -0.3 is 10.6 Å². The molecule has 0 radical (unpaired) electrons. The van der Waals surface area contributed by atoms with Crippen LogP contribution in [-0.4, -0.2) is 11.0 Å². The van der Waals surface area contributed by atoms with Gasteiger partial charge in [-0.3, -0.25) is 4.79 Å². The van der Waals surface area contributed by atoms with Crippen molar-refractivity contribution in [2.45, 2.75) is 32.1 Å². The van der Waals surface area contributed by atoms with Gasteiger partial charge in [0.1, 0.15) is 0 Å². The number of anilines is 1. The zero-order valence-corrected chi connectivity index (χ0v) is 13.6. The largest absolute Gasteiger partial charge is 0.332 e. The highest BCUT2D eigenvalue weighted by Gasteiger charge is 2.18. The molecule has 1 saturated carbocycles. The van der Waals surface area contributed by atoms with E-state index >= 15 is 0 Å². The third kappa shape index (κ3) is 5.06. The Kier molecular flexibility index (Phi) is 5.57. The Morgan fingerprint density at radius 3 is 2.53 bits per heavy atom. The molecule has 1 aromatic rings. The molecule has 0 atom stereocenters. The molecule has 0 bridgehead atoms. The van der Waals surface area contributed by atoms with Crippen molar-refractivity contribution in [3.63, 3.8) is 0 Å². The summed E-state index contributed by atoms with van der Waals surface area (Å²) in [4.78, 5) is 11.8. The van der Waals surface area contributed by atoms with E-state index in [1.165, 1.54) is 29.3 Å². The van der Waals surface area contributed by atoms with Gasteiger partial charge in [0, 0.05) is 15.7 Å². The highest BCUT2D eigenvalue weighted by atomic mass is 127. The Labute approximate surface area is 132 Å². The van der Waals surface area contributed by atoms with Gasteiger partial charge in [-0.2, -0.15) is 0 Å². The number of hydrogen-bond acceptors (Lipinski definition) is 2. The molecule has 102 valence electrons. The number of carbonyl (C=O) groups is 1. The smallest absolute Gasteiger partial charge is 0.226 e. The van der Waals surface area contributed by atoms with Crippen molar-refractivity contribution in [2.75, 3.05) is 5.32 Å². The van der Waals surface area contributed by atoms with Gasteiger partial charge in [-0.05, 0) is 77.8 Å². The van der Waals surface area contributed by atoms with Crippen molar-refractivity contribution in [1.29, 1.82) is 0 Å². The predicted molar refractivity (Wildman–Crippen MR) is 90.1 cm³/mol. The molecule has 0 saturated heterocycles. The van der Waals surface area contributed by atoms with Crippen LogP contribution in [0.5, 0.6) is 0 Å². The van der Waals surface area contributed by atoms with Crippen molar-refractivity contribution >= 4 is 51.5 Å². The number of halogens is 1. The first-order chi connectivity index (χ1) is 9.13. The number of benzene rings is 1. The Hall–Kier alpha value is -0.690. The van der Waals surface area contributed by atoms with Crippen LogP contribution in [0.1, 0.15) is 32.1 Å². The number of amides is 1. The minimum atomic E-state index is 0.0231. The van der Waals surface area contributed by atoms with Gasteiger partial charge in [-0.15, -0.1) is 0 Å². The molecule has 0 spiro atoms. The van der Waals surface area contributed by atoms with Crippen LogP contribution in [-0.2, 0) is 4.79 Å². The summed E-state index contributed by atoms with van der Waals surface area (Å²) in [7, 11) is 0. The third-order valence-electron chi connectivity index (χ3n) is 3.30. The average Bonchev–Trinajstić information content (AvgIpc) is 2.84. The first kappa shape index (κ1) is 14.7. The minimum absolute atomic E-state index is 0.0231. The van der Waals surface area contributed by atoms with Crippen LogP contribution in [0, 0.1) is 9.49 Å². The lowest BCUT2D eigenvalue weighted by atomic mass is 10.0. The van der Waals surface area contributed by atoms with Crippen molar-refractivity contribution in [3.8, 4) is 0 Å². The average molecular weight is 388 g/mol. The van der Waals surface area contributed by atoms with Crippen LogP contribution in [0.3, 0.4) is 0 Å². The summed E-state index contributed by atoms with van der Waals surface area (Å²) < 4.78 is 1.17. The van der Waals surface area contributed by atoms with Crippen LogP contribution < -0.4 is 10.6 Å². The summed E-state index contributed by atoms with van der Waals surface area (Å²) in [6, 6.07) is 7.87. The van der Waals surface area contributed by atoms with Crippen LogP contribution in [0.15, 0.2) is 24.3 Å². The van der Waals surface area contributed by atoms with Crippen molar-refractivity contribution in [2.24, 2.45) is 5.92 Å². The van der Waals surface area contributed by atoms with E-state index in [2.05, 4.69) is 33.2 Å². The van der Waals surface area contributed by atoms with E-state index in [1.54, 1.807) is 0 Å². The van der Waals surface area contributed by atoms with Gasteiger partial charge in [-0.25, -0.2) is 0 Å². The Bertz CT molecular complexity index is 455.